The molecular weight excluding hydrogens is 271 g/mol. The van der Waals surface area contributed by atoms with Crippen LogP contribution in [0.4, 0.5) is 10.3 Å². The van der Waals surface area contributed by atoms with E-state index in [0.29, 0.717) is 11.5 Å². The van der Waals surface area contributed by atoms with Gasteiger partial charge in [0.25, 0.3) is 0 Å². The molecule has 0 bridgehead atoms. The zero-order valence-electron chi connectivity index (χ0n) is 10.5. The summed E-state index contributed by atoms with van der Waals surface area (Å²) >= 11 is 5.76. The maximum Gasteiger partial charge on any atom is 0.322 e. The van der Waals surface area contributed by atoms with Crippen molar-refractivity contribution in [1.29, 1.82) is 0 Å². The monoisotopic (exact) mass is 282 g/mol. The second-order valence-electron chi connectivity index (χ2n) is 3.96. The summed E-state index contributed by atoms with van der Waals surface area (Å²) in [6, 6.07) is 6.40. The van der Waals surface area contributed by atoms with Gasteiger partial charge in [0.05, 0.1) is 0 Å². The van der Waals surface area contributed by atoms with Gasteiger partial charge in [0, 0.05) is 19.7 Å². The first-order chi connectivity index (χ1) is 9.06. The van der Waals surface area contributed by atoms with Crippen LogP contribution in [-0.4, -0.2) is 29.0 Å². The van der Waals surface area contributed by atoms with E-state index in [9.17, 15) is 4.39 Å². The van der Waals surface area contributed by atoms with Gasteiger partial charge in [0.15, 0.2) is 0 Å². The van der Waals surface area contributed by atoms with Crippen LogP contribution in [0, 0.1) is 5.82 Å². The van der Waals surface area contributed by atoms with Crippen LogP contribution in [0.2, 0.25) is 5.28 Å². The van der Waals surface area contributed by atoms with E-state index in [0.717, 1.165) is 0 Å². The van der Waals surface area contributed by atoms with Gasteiger partial charge >= 0.3 is 6.01 Å². The summed E-state index contributed by atoms with van der Waals surface area (Å²) in [5.74, 6) is 0.0408. The summed E-state index contributed by atoms with van der Waals surface area (Å²) in [7, 11) is 3.54. The largest absolute Gasteiger partial charge is 0.458 e. The van der Waals surface area contributed by atoms with E-state index in [2.05, 4.69) is 15.0 Å². The maximum atomic E-state index is 13.4. The molecule has 0 fully saturated rings. The second kappa shape index (κ2) is 5.79. The molecule has 0 unspecified atom stereocenters. The summed E-state index contributed by atoms with van der Waals surface area (Å²) in [6.07, 6.45) is 0. The summed E-state index contributed by atoms with van der Waals surface area (Å²) in [6.45, 7) is 0.0277. The van der Waals surface area contributed by atoms with Crippen molar-refractivity contribution in [2.75, 3.05) is 19.0 Å². The fourth-order valence-electron chi connectivity index (χ4n) is 1.34. The average Bonchev–Trinajstić information content (AvgIpc) is 2.37. The number of aromatic nitrogens is 3. The highest BCUT2D eigenvalue weighted by Gasteiger charge is 2.09. The van der Waals surface area contributed by atoms with Crippen molar-refractivity contribution >= 4 is 17.5 Å². The molecule has 2 aromatic rings. The molecule has 0 saturated heterocycles. The first kappa shape index (κ1) is 13.5. The molecule has 19 heavy (non-hydrogen) atoms. The molecule has 7 heteroatoms. The van der Waals surface area contributed by atoms with Gasteiger partial charge in [-0.3, -0.25) is 0 Å². The lowest BCUT2D eigenvalue weighted by Crippen LogP contribution is -2.14. The molecule has 100 valence electrons. The number of hydrogen-bond acceptors (Lipinski definition) is 5. The fourth-order valence-corrected chi connectivity index (χ4v) is 1.49. The Morgan fingerprint density at radius 3 is 2.63 bits per heavy atom. The van der Waals surface area contributed by atoms with Gasteiger partial charge in [-0.15, -0.1) is 0 Å². The summed E-state index contributed by atoms with van der Waals surface area (Å²) in [4.78, 5) is 13.5. The summed E-state index contributed by atoms with van der Waals surface area (Å²) in [5, 5.41) is 0.0298. The number of nitrogens with zero attached hydrogens (tertiary/aromatic N) is 4. The molecule has 1 aromatic carbocycles. The van der Waals surface area contributed by atoms with Crippen molar-refractivity contribution in [3.8, 4) is 6.01 Å². The van der Waals surface area contributed by atoms with Crippen LogP contribution in [0.25, 0.3) is 0 Å². The molecule has 1 heterocycles. The molecule has 0 aliphatic carbocycles. The number of benzene rings is 1. The third kappa shape index (κ3) is 3.51. The van der Waals surface area contributed by atoms with Crippen LogP contribution in [-0.2, 0) is 6.61 Å². The highest BCUT2D eigenvalue weighted by atomic mass is 35.5. The topological polar surface area (TPSA) is 51.1 Å². The molecule has 0 radical (unpaired) electrons. The Morgan fingerprint density at radius 2 is 1.95 bits per heavy atom. The molecule has 0 N–H and O–H groups in total. The van der Waals surface area contributed by atoms with Crippen molar-refractivity contribution < 1.29 is 9.13 Å². The van der Waals surface area contributed by atoms with E-state index in [4.69, 9.17) is 16.3 Å². The molecule has 2 rings (SSSR count). The van der Waals surface area contributed by atoms with Crippen LogP contribution < -0.4 is 9.64 Å². The van der Waals surface area contributed by atoms with Crippen molar-refractivity contribution in [2.24, 2.45) is 0 Å². The Kier molecular flexibility index (Phi) is 4.11. The quantitative estimate of drug-likeness (QED) is 0.861. The fraction of sp³-hybridized carbons (Fsp3) is 0.250. The van der Waals surface area contributed by atoms with Gasteiger partial charge in [-0.1, -0.05) is 18.2 Å². The Morgan fingerprint density at radius 1 is 1.21 bits per heavy atom. The van der Waals surface area contributed by atoms with Crippen LogP contribution in [0.15, 0.2) is 24.3 Å². The van der Waals surface area contributed by atoms with Crippen molar-refractivity contribution in [3.05, 3.63) is 40.9 Å². The van der Waals surface area contributed by atoms with Gasteiger partial charge in [-0.2, -0.15) is 15.0 Å². The zero-order chi connectivity index (χ0) is 13.8. The van der Waals surface area contributed by atoms with Crippen LogP contribution in [0.5, 0.6) is 6.01 Å². The lowest BCUT2D eigenvalue weighted by atomic mass is 10.2. The van der Waals surface area contributed by atoms with Crippen molar-refractivity contribution in [3.63, 3.8) is 0 Å². The standard InChI is InChI=1S/C12H12ClFN4O/c1-18(2)11-15-10(13)16-12(17-11)19-7-8-5-3-4-6-9(8)14/h3-6H,7H2,1-2H3. The summed E-state index contributed by atoms with van der Waals surface area (Å²) < 4.78 is 18.7. The molecule has 5 nitrogen and oxygen atoms in total. The number of hydrogen-bond donors (Lipinski definition) is 0. The van der Waals surface area contributed by atoms with E-state index < -0.39 is 0 Å². The van der Waals surface area contributed by atoms with E-state index in [1.165, 1.54) is 6.07 Å². The molecule has 0 spiro atoms. The highest BCUT2D eigenvalue weighted by molar-refractivity contribution is 6.28. The van der Waals surface area contributed by atoms with Gasteiger partial charge in [-0.05, 0) is 17.7 Å². The molecule has 0 atom stereocenters. The van der Waals surface area contributed by atoms with Crippen molar-refractivity contribution in [2.45, 2.75) is 6.61 Å². The van der Waals surface area contributed by atoms with E-state index in [-0.39, 0.29) is 23.7 Å². The Hall–Kier alpha value is -1.95. The molecule has 0 amide bonds. The third-order valence-corrected chi connectivity index (χ3v) is 2.46. The second-order valence-corrected chi connectivity index (χ2v) is 4.30. The van der Waals surface area contributed by atoms with Crippen LogP contribution >= 0.6 is 11.6 Å². The average molecular weight is 283 g/mol. The highest BCUT2D eigenvalue weighted by Crippen LogP contribution is 2.15. The molecule has 1 aromatic heterocycles. The van der Waals surface area contributed by atoms with Crippen molar-refractivity contribution in [1.82, 2.24) is 15.0 Å². The molecule has 0 aliphatic heterocycles. The van der Waals surface area contributed by atoms with Crippen LogP contribution in [0.1, 0.15) is 5.56 Å². The van der Waals surface area contributed by atoms with Gasteiger partial charge in [-0.25, -0.2) is 4.39 Å². The Balaban J connectivity index is 2.14. The van der Waals surface area contributed by atoms with Gasteiger partial charge in [0.2, 0.25) is 11.2 Å². The lowest BCUT2D eigenvalue weighted by molar-refractivity contribution is 0.274. The predicted molar refractivity (Wildman–Crippen MR) is 69.9 cm³/mol. The Bertz CT molecular complexity index is 579. The SMILES string of the molecule is CN(C)c1nc(Cl)nc(OCc2ccccc2F)n1. The lowest BCUT2D eigenvalue weighted by Gasteiger charge is -2.11. The number of ether oxygens (including phenoxy) is 1. The number of anilines is 1. The summed E-state index contributed by atoms with van der Waals surface area (Å²) in [5.41, 5.74) is 0.422. The zero-order valence-corrected chi connectivity index (χ0v) is 11.2. The van der Waals surface area contributed by atoms with Crippen LogP contribution in [0.3, 0.4) is 0 Å². The molecule has 0 aliphatic rings. The Labute approximate surface area is 115 Å². The smallest absolute Gasteiger partial charge is 0.322 e. The minimum absolute atomic E-state index is 0.0277. The predicted octanol–water partition coefficient (Wildman–Crippen LogP) is 2.31. The number of halogens is 2. The maximum absolute atomic E-state index is 13.4. The molecule has 0 saturated carbocycles. The van der Waals surface area contributed by atoms with Gasteiger partial charge < -0.3 is 9.64 Å². The van der Waals surface area contributed by atoms with E-state index in [1.54, 1.807) is 37.2 Å². The first-order valence-electron chi connectivity index (χ1n) is 5.51. The normalized spacial score (nSPS) is 10.3. The van der Waals surface area contributed by atoms with E-state index in [1.807, 2.05) is 0 Å². The molecular formula is C12H12ClFN4O. The van der Waals surface area contributed by atoms with Gasteiger partial charge in [0.1, 0.15) is 12.4 Å². The first-order valence-corrected chi connectivity index (χ1v) is 5.89. The number of rotatable bonds is 4. The minimum atomic E-state index is -0.338. The third-order valence-electron chi connectivity index (χ3n) is 2.29. The van der Waals surface area contributed by atoms with E-state index >= 15 is 0 Å². The minimum Gasteiger partial charge on any atom is -0.458 e.